The monoisotopic (exact) mass is 341 g/mol. The largest absolute Gasteiger partial charge is 0.324 e. The first kappa shape index (κ1) is 16.3. The Balaban J connectivity index is 1.62. The van der Waals surface area contributed by atoms with Gasteiger partial charge in [0.2, 0.25) is 5.91 Å². The summed E-state index contributed by atoms with van der Waals surface area (Å²) in [6, 6.07) is 11.9. The van der Waals surface area contributed by atoms with Crippen molar-refractivity contribution in [2.24, 2.45) is 0 Å². The summed E-state index contributed by atoms with van der Waals surface area (Å²) in [4.78, 5) is 16.2. The molecule has 0 spiro atoms. The van der Waals surface area contributed by atoms with E-state index < -0.39 is 0 Å². The molecule has 3 rings (SSSR count). The number of aromatic nitrogens is 2. The van der Waals surface area contributed by atoms with Gasteiger partial charge >= 0.3 is 0 Å². The lowest BCUT2D eigenvalue weighted by Gasteiger charge is -2.12. The van der Waals surface area contributed by atoms with E-state index >= 15 is 0 Å². The molecule has 1 N–H and O–H groups in total. The predicted octanol–water partition coefficient (Wildman–Crippen LogP) is 3.88. The van der Waals surface area contributed by atoms with Crippen LogP contribution in [0.4, 0.5) is 10.1 Å². The Kier molecular flexibility index (Phi) is 5.28. The van der Waals surface area contributed by atoms with Gasteiger partial charge in [-0.1, -0.05) is 6.07 Å². The third-order valence-corrected chi connectivity index (χ3v) is 4.34. The van der Waals surface area contributed by atoms with Gasteiger partial charge < -0.3 is 9.88 Å². The maximum absolute atomic E-state index is 13.5. The van der Waals surface area contributed by atoms with Crippen molar-refractivity contribution in [2.45, 2.75) is 5.75 Å². The lowest BCUT2D eigenvalue weighted by molar-refractivity contribution is -0.113. The van der Waals surface area contributed by atoms with Gasteiger partial charge in [-0.3, -0.25) is 9.78 Å². The molecule has 0 aliphatic carbocycles. The van der Waals surface area contributed by atoms with Crippen LogP contribution in [0.5, 0.6) is 0 Å². The number of anilines is 1. The predicted molar refractivity (Wildman–Crippen MR) is 94.8 cm³/mol. The molecular weight excluding hydrogens is 325 g/mol. The number of hydrogen-bond donors (Lipinski definition) is 1. The van der Waals surface area contributed by atoms with E-state index in [0.717, 1.165) is 11.3 Å². The quantitative estimate of drug-likeness (QED) is 0.740. The molecule has 0 aliphatic heterocycles. The summed E-state index contributed by atoms with van der Waals surface area (Å²) in [5, 5.41) is 2.85. The Morgan fingerprint density at radius 2 is 2.04 bits per heavy atom. The van der Waals surface area contributed by atoms with Gasteiger partial charge in [0, 0.05) is 30.5 Å². The summed E-state index contributed by atoms with van der Waals surface area (Å²) in [6.45, 7) is 0. The van der Waals surface area contributed by atoms with E-state index in [4.69, 9.17) is 0 Å². The topological polar surface area (TPSA) is 46.9 Å². The number of halogens is 1. The standard InChI is InChI=1S/C18H16FN3OS/c19-15-5-6-16(17(10-15)22-8-1-2-9-22)21-18(23)13-24-12-14-4-3-7-20-11-14/h1-11H,12-13H2,(H,21,23). The Hall–Kier alpha value is -2.60. The smallest absolute Gasteiger partial charge is 0.234 e. The zero-order valence-corrected chi connectivity index (χ0v) is 13.7. The van der Waals surface area contributed by atoms with Crippen LogP contribution in [0.3, 0.4) is 0 Å². The lowest BCUT2D eigenvalue weighted by Crippen LogP contribution is -2.16. The van der Waals surface area contributed by atoms with E-state index in [2.05, 4.69) is 10.3 Å². The van der Waals surface area contributed by atoms with Gasteiger partial charge in [0.05, 0.1) is 17.1 Å². The van der Waals surface area contributed by atoms with Gasteiger partial charge in [0.15, 0.2) is 0 Å². The number of nitrogens with one attached hydrogen (secondary N) is 1. The molecule has 0 atom stereocenters. The summed E-state index contributed by atoms with van der Waals surface area (Å²) in [6.07, 6.45) is 7.12. The Labute approximate surface area is 143 Å². The van der Waals surface area contributed by atoms with E-state index in [1.807, 2.05) is 36.7 Å². The van der Waals surface area contributed by atoms with Crippen LogP contribution in [0.25, 0.3) is 5.69 Å². The molecule has 0 aliphatic rings. The number of amides is 1. The number of nitrogens with zero attached hydrogens (tertiary/aromatic N) is 2. The number of carbonyl (C=O) groups is 1. The van der Waals surface area contributed by atoms with E-state index in [9.17, 15) is 9.18 Å². The molecule has 0 bridgehead atoms. The second kappa shape index (κ2) is 7.79. The highest BCUT2D eigenvalue weighted by Crippen LogP contribution is 2.22. The fourth-order valence-corrected chi connectivity index (χ4v) is 3.02. The van der Waals surface area contributed by atoms with Crippen molar-refractivity contribution in [1.29, 1.82) is 0 Å². The highest BCUT2D eigenvalue weighted by Gasteiger charge is 2.09. The molecule has 0 saturated heterocycles. The van der Waals surface area contributed by atoms with Gasteiger partial charge in [-0.05, 0) is 42.0 Å². The van der Waals surface area contributed by atoms with E-state index in [1.54, 1.807) is 23.0 Å². The molecule has 122 valence electrons. The van der Waals surface area contributed by atoms with Crippen LogP contribution in [0.2, 0.25) is 0 Å². The molecule has 0 unspecified atom stereocenters. The molecule has 3 aromatic rings. The molecular formula is C18H16FN3OS. The summed E-state index contributed by atoms with van der Waals surface area (Å²) in [5.74, 6) is 0.568. The van der Waals surface area contributed by atoms with Crippen molar-refractivity contribution in [2.75, 3.05) is 11.1 Å². The fraction of sp³-hybridized carbons (Fsp3) is 0.111. The SMILES string of the molecule is O=C(CSCc1cccnc1)Nc1ccc(F)cc1-n1cccc1. The lowest BCUT2D eigenvalue weighted by atomic mass is 10.2. The average molecular weight is 341 g/mol. The van der Waals surface area contributed by atoms with Crippen LogP contribution >= 0.6 is 11.8 Å². The van der Waals surface area contributed by atoms with Crippen LogP contribution in [-0.2, 0) is 10.5 Å². The molecule has 6 heteroatoms. The fourth-order valence-electron chi connectivity index (χ4n) is 2.25. The number of thioether (sulfide) groups is 1. The molecule has 2 aromatic heterocycles. The van der Waals surface area contributed by atoms with Crippen molar-refractivity contribution >= 4 is 23.4 Å². The van der Waals surface area contributed by atoms with Crippen molar-refractivity contribution in [3.05, 3.63) is 78.6 Å². The first-order valence-electron chi connectivity index (χ1n) is 7.42. The van der Waals surface area contributed by atoms with Crippen LogP contribution in [0, 0.1) is 5.82 Å². The highest BCUT2D eigenvalue weighted by atomic mass is 32.2. The Bertz CT molecular complexity index is 806. The minimum Gasteiger partial charge on any atom is -0.324 e. The number of hydrogen-bond acceptors (Lipinski definition) is 3. The molecule has 0 radical (unpaired) electrons. The van der Waals surface area contributed by atoms with Gasteiger partial charge in [0.25, 0.3) is 0 Å². The minimum absolute atomic E-state index is 0.121. The Morgan fingerprint density at radius 3 is 2.79 bits per heavy atom. The normalized spacial score (nSPS) is 10.5. The highest BCUT2D eigenvalue weighted by molar-refractivity contribution is 7.99. The van der Waals surface area contributed by atoms with Gasteiger partial charge in [-0.15, -0.1) is 11.8 Å². The third kappa shape index (κ3) is 4.23. The molecule has 24 heavy (non-hydrogen) atoms. The molecule has 2 heterocycles. The maximum atomic E-state index is 13.5. The molecule has 0 fully saturated rings. The number of pyridine rings is 1. The van der Waals surface area contributed by atoms with Crippen LogP contribution in [-0.4, -0.2) is 21.2 Å². The van der Waals surface area contributed by atoms with Gasteiger partial charge in [-0.2, -0.15) is 0 Å². The molecule has 4 nitrogen and oxygen atoms in total. The van der Waals surface area contributed by atoms with E-state index in [-0.39, 0.29) is 11.7 Å². The maximum Gasteiger partial charge on any atom is 0.234 e. The minimum atomic E-state index is -0.345. The summed E-state index contributed by atoms with van der Waals surface area (Å²) < 4.78 is 15.3. The van der Waals surface area contributed by atoms with Crippen molar-refractivity contribution in [1.82, 2.24) is 9.55 Å². The third-order valence-electron chi connectivity index (χ3n) is 3.34. The second-order valence-corrected chi connectivity index (χ2v) is 6.14. The van der Waals surface area contributed by atoms with E-state index in [0.29, 0.717) is 17.1 Å². The van der Waals surface area contributed by atoms with Gasteiger partial charge in [-0.25, -0.2) is 4.39 Å². The van der Waals surface area contributed by atoms with Gasteiger partial charge in [0.1, 0.15) is 5.82 Å². The second-order valence-electron chi connectivity index (χ2n) is 5.15. The molecule has 0 saturated carbocycles. The number of rotatable bonds is 6. The van der Waals surface area contributed by atoms with Crippen molar-refractivity contribution < 1.29 is 9.18 Å². The summed E-state index contributed by atoms with van der Waals surface area (Å²) >= 11 is 1.51. The Morgan fingerprint density at radius 1 is 1.21 bits per heavy atom. The summed E-state index contributed by atoms with van der Waals surface area (Å²) in [7, 11) is 0. The van der Waals surface area contributed by atoms with Crippen LogP contribution in [0.15, 0.2) is 67.3 Å². The molecule has 1 aromatic carbocycles. The first-order valence-corrected chi connectivity index (χ1v) is 8.57. The zero-order chi connectivity index (χ0) is 16.8. The van der Waals surface area contributed by atoms with Crippen molar-refractivity contribution in [3.8, 4) is 5.69 Å². The molecule has 1 amide bonds. The summed E-state index contributed by atoms with van der Waals surface area (Å²) in [5.41, 5.74) is 2.26. The van der Waals surface area contributed by atoms with E-state index in [1.165, 1.54) is 23.9 Å². The zero-order valence-electron chi connectivity index (χ0n) is 12.9. The van der Waals surface area contributed by atoms with Crippen LogP contribution < -0.4 is 5.32 Å². The number of carbonyl (C=O) groups excluding carboxylic acids is 1. The first-order chi connectivity index (χ1) is 11.7. The van der Waals surface area contributed by atoms with Crippen molar-refractivity contribution in [3.63, 3.8) is 0 Å². The number of benzene rings is 1. The average Bonchev–Trinajstić information content (AvgIpc) is 3.12. The van der Waals surface area contributed by atoms with Crippen LogP contribution in [0.1, 0.15) is 5.56 Å².